The highest BCUT2D eigenvalue weighted by Gasteiger charge is 2.18. The minimum absolute atomic E-state index is 0.00477. The highest BCUT2D eigenvalue weighted by molar-refractivity contribution is 5.79. The number of anilines is 1. The largest absolute Gasteiger partial charge is 0.467 e. The Morgan fingerprint density at radius 3 is 2.61 bits per heavy atom. The highest BCUT2D eigenvalue weighted by Crippen LogP contribution is 2.26. The number of ether oxygens (including phenoxy) is 2. The van der Waals surface area contributed by atoms with Crippen molar-refractivity contribution in [3.63, 3.8) is 0 Å². The van der Waals surface area contributed by atoms with Crippen LogP contribution in [0.2, 0.25) is 0 Å². The molecule has 1 aromatic rings. The van der Waals surface area contributed by atoms with E-state index in [9.17, 15) is 13.6 Å². The van der Waals surface area contributed by atoms with Crippen molar-refractivity contribution in [1.82, 2.24) is 0 Å². The van der Waals surface area contributed by atoms with Gasteiger partial charge in [-0.25, -0.2) is 4.79 Å². The van der Waals surface area contributed by atoms with Gasteiger partial charge >= 0.3 is 12.6 Å². The van der Waals surface area contributed by atoms with Crippen LogP contribution in [-0.4, -0.2) is 25.7 Å². The number of nitrogens with one attached hydrogen (secondary N) is 1. The number of para-hydroxylation sites is 2. The Balaban J connectivity index is 2.85. The molecule has 1 aromatic carbocycles. The van der Waals surface area contributed by atoms with E-state index in [0.29, 0.717) is 12.1 Å². The van der Waals surface area contributed by atoms with Crippen LogP contribution in [0, 0.1) is 0 Å². The first-order valence-electron chi connectivity index (χ1n) is 5.46. The van der Waals surface area contributed by atoms with Crippen molar-refractivity contribution in [2.75, 3.05) is 12.4 Å². The number of alkyl halides is 2. The zero-order valence-electron chi connectivity index (χ0n) is 10.2. The lowest BCUT2D eigenvalue weighted by Gasteiger charge is -2.18. The molecule has 0 saturated carbocycles. The molecule has 1 N–H and O–H groups in total. The average Bonchev–Trinajstić information content (AvgIpc) is 2.36. The lowest BCUT2D eigenvalue weighted by molar-refractivity contribution is -0.141. The molecule has 0 heterocycles. The van der Waals surface area contributed by atoms with Crippen LogP contribution in [0.15, 0.2) is 24.3 Å². The molecule has 0 aliphatic heterocycles. The zero-order valence-corrected chi connectivity index (χ0v) is 10.2. The maximum atomic E-state index is 12.2. The van der Waals surface area contributed by atoms with Gasteiger partial charge in [-0.15, -0.1) is 0 Å². The molecule has 1 unspecified atom stereocenters. The second-order valence-electron chi connectivity index (χ2n) is 3.50. The van der Waals surface area contributed by atoms with E-state index >= 15 is 0 Å². The SMILES string of the molecule is CCC(Nc1ccccc1OC(F)F)C(=O)OC. The molecule has 0 radical (unpaired) electrons. The van der Waals surface area contributed by atoms with Crippen molar-refractivity contribution in [3.8, 4) is 5.75 Å². The molecule has 0 fully saturated rings. The van der Waals surface area contributed by atoms with Crippen molar-refractivity contribution >= 4 is 11.7 Å². The van der Waals surface area contributed by atoms with E-state index in [4.69, 9.17) is 0 Å². The van der Waals surface area contributed by atoms with Gasteiger partial charge in [-0.2, -0.15) is 8.78 Å². The number of hydrogen-bond acceptors (Lipinski definition) is 4. The molecule has 0 bridgehead atoms. The van der Waals surface area contributed by atoms with Crippen LogP contribution < -0.4 is 10.1 Å². The molecular formula is C12H15F2NO3. The summed E-state index contributed by atoms with van der Waals surface area (Å²) in [5.41, 5.74) is 0.329. The molecule has 1 atom stereocenters. The van der Waals surface area contributed by atoms with Crippen molar-refractivity contribution in [1.29, 1.82) is 0 Å². The zero-order chi connectivity index (χ0) is 13.5. The van der Waals surface area contributed by atoms with E-state index in [1.807, 2.05) is 0 Å². The number of esters is 1. The number of rotatable bonds is 6. The fourth-order valence-electron chi connectivity index (χ4n) is 1.44. The fraction of sp³-hybridized carbons (Fsp3) is 0.417. The van der Waals surface area contributed by atoms with Crippen LogP contribution in [0.5, 0.6) is 5.75 Å². The minimum Gasteiger partial charge on any atom is -0.467 e. The molecular weight excluding hydrogens is 244 g/mol. The van der Waals surface area contributed by atoms with Crippen LogP contribution in [-0.2, 0) is 9.53 Å². The maximum Gasteiger partial charge on any atom is 0.387 e. The summed E-state index contributed by atoms with van der Waals surface area (Å²) in [4.78, 5) is 11.4. The Morgan fingerprint density at radius 2 is 2.06 bits per heavy atom. The van der Waals surface area contributed by atoms with Crippen LogP contribution in [0.25, 0.3) is 0 Å². The quantitative estimate of drug-likeness (QED) is 0.798. The smallest absolute Gasteiger partial charge is 0.387 e. The molecule has 100 valence electrons. The van der Waals surface area contributed by atoms with Gasteiger partial charge in [0.1, 0.15) is 11.8 Å². The maximum absolute atomic E-state index is 12.2. The lowest BCUT2D eigenvalue weighted by Crippen LogP contribution is -2.30. The second-order valence-corrected chi connectivity index (χ2v) is 3.50. The predicted octanol–water partition coefficient (Wildman–Crippen LogP) is 2.65. The lowest BCUT2D eigenvalue weighted by atomic mass is 10.2. The monoisotopic (exact) mass is 259 g/mol. The Labute approximate surface area is 104 Å². The number of carbonyl (C=O) groups is 1. The summed E-state index contributed by atoms with van der Waals surface area (Å²) in [5, 5.41) is 2.82. The third-order valence-electron chi connectivity index (χ3n) is 2.33. The third-order valence-corrected chi connectivity index (χ3v) is 2.33. The van der Waals surface area contributed by atoms with Gasteiger partial charge in [0.25, 0.3) is 0 Å². The van der Waals surface area contributed by atoms with Gasteiger partial charge < -0.3 is 14.8 Å². The first-order valence-corrected chi connectivity index (χ1v) is 5.46. The van der Waals surface area contributed by atoms with Gasteiger partial charge in [-0.05, 0) is 18.6 Å². The summed E-state index contributed by atoms with van der Waals surface area (Å²) in [6.45, 7) is -1.13. The molecule has 1 rings (SSSR count). The minimum atomic E-state index is -2.91. The van der Waals surface area contributed by atoms with E-state index in [1.54, 1.807) is 25.1 Å². The molecule has 4 nitrogen and oxygen atoms in total. The Bertz CT molecular complexity index is 399. The molecule has 0 aromatic heterocycles. The Morgan fingerprint density at radius 1 is 1.39 bits per heavy atom. The van der Waals surface area contributed by atoms with Crippen molar-refractivity contribution in [3.05, 3.63) is 24.3 Å². The van der Waals surface area contributed by atoms with E-state index in [0.717, 1.165) is 0 Å². The van der Waals surface area contributed by atoms with Crippen molar-refractivity contribution in [2.24, 2.45) is 0 Å². The highest BCUT2D eigenvalue weighted by atomic mass is 19.3. The van der Waals surface area contributed by atoms with Gasteiger partial charge in [0.05, 0.1) is 12.8 Å². The molecule has 0 aliphatic rings. The van der Waals surface area contributed by atoms with Crippen molar-refractivity contribution < 1.29 is 23.0 Å². The number of methoxy groups -OCH3 is 1. The van der Waals surface area contributed by atoms with Crippen LogP contribution in [0.3, 0.4) is 0 Å². The number of carbonyl (C=O) groups excluding carboxylic acids is 1. The van der Waals surface area contributed by atoms with Gasteiger partial charge in [0.15, 0.2) is 0 Å². The van der Waals surface area contributed by atoms with Crippen LogP contribution in [0.1, 0.15) is 13.3 Å². The second kappa shape index (κ2) is 6.78. The summed E-state index contributed by atoms with van der Waals surface area (Å²) in [5.74, 6) is -0.459. The molecule has 6 heteroatoms. The topological polar surface area (TPSA) is 47.6 Å². The van der Waals surface area contributed by atoms with Gasteiger partial charge in [-0.3, -0.25) is 0 Å². The summed E-state index contributed by atoms with van der Waals surface area (Å²) < 4.78 is 33.4. The van der Waals surface area contributed by atoms with E-state index in [1.165, 1.54) is 13.2 Å². The molecule has 0 saturated heterocycles. The number of hydrogen-bond donors (Lipinski definition) is 1. The van der Waals surface area contributed by atoms with Gasteiger partial charge in [0, 0.05) is 0 Å². The third kappa shape index (κ3) is 3.87. The number of benzene rings is 1. The van der Waals surface area contributed by atoms with E-state index < -0.39 is 18.6 Å². The first kappa shape index (κ1) is 14.2. The first-order chi connectivity index (χ1) is 8.58. The fourth-order valence-corrected chi connectivity index (χ4v) is 1.44. The average molecular weight is 259 g/mol. The Hall–Kier alpha value is -1.85. The van der Waals surface area contributed by atoms with Crippen LogP contribution >= 0.6 is 0 Å². The molecule has 0 spiro atoms. The summed E-state index contributed by atoms with van der Waals surface area (Å²) >= 11 is 0. The molecule has 0 aliphatic carbocycles. The summed E-state index contributed by atoms with van der Waals surface area (Å²) in [6, 6.07) is 5.59. The Kier molecular flexibility index (Phi) is 5.35. The summed E-state index contributed by atoms with van der Waals surface area (Å²) in [7, 11) is 1.27. The van der Waals surface area contributed by atoms with E-state index in [-0.39, 0.29) is 5.75 Å². The van der Waals surface area contributed by atoms with Gasteiger partial charge in [-0.1, -0.05) is 19.1 Å². The number of halogens is 2. The predicted molar refractivity (Wildman–Crippen MR) is 62.8 cm³/mol. The summed E-state index contributed by atoms with van der Waals surface area (Å²) in [6.07, 6.45) is 0.468. The van der Waals surface area contributed by atoms with E-state index in [2.05, 4.69) is 14.8 Å². The molecule has 0 amide bonds. The van der Waals surface area contributed by atoms with Crippen LogP contribution in [0.4, 0.5) is 14.5 Å². The standard InChI is InChI=1S/C12H15F2NO3/c1-3-8(11(16)17-2)15-9-6-4-5-7-10(9)18-12(13)14/h4-8,12,15H,3H2,1-2H3. The normalized spacial score (nSPS) is 12.1. The van der Waals surface area contributed by atoms with Crippen molar-refractivity contribution in [2.45, 2.75) is 26.0 Å². The van der Waals surface area contributed by atoms with Gasteiger partial charge in [0.2, 0.25) is 0 Å². The molecule has 18 heavy (non-hydrogen) atoms.